The van der Waals surface area contributed by atoms with Crippen LogP contribution in [0.3, 0.4) is 0 Å². The van der Waals surface area contributed by atoms with Crippen LogP contribution in [0.2, 0.25) is 0 Å². The zero-order valence-electron chi connectivity index (χ0n) is 14.3. The van der Waals surface area contributed by atoms with E-state index >= 15 is 0 Å². The molecule has 0 N–H and O–H groups in total. The van der Waals surface area contributed by atoms with E-state index in [0.29, 0.717) is 0 Å². The van der Waals surface area contributed by atoms with E-state index in [2.05, 4.69) is 32.9 Å². The predicted molar refractivity (Wildman–Crippen MR) is 98.6 cm³/mol. The number of carbonyl (C=O) groups is 1. The number of hydrogen-bond donors (Lipinski definition) is 0. The summed E-state index contributed by atoms with van der Waals surface area (Å²) in [5.74, 6) is 0.106. The first-order valence-electron chi connectivity index (χ1n) is 8.18. The van der Waals surface area contributed by atoms with Gasteiger partial charge in [-0.15, -0.1) is 0 Å². The third-order valence-electron chi connectivity index (χ3n) is 4.78. The maximum absolute atomic E-state index is 12.4. The van der Waals surface area contributed by atoms with Crippen molar-refractivity contribution >= 4 is 13.0 Å². The molecule has 0 heterocycles. The molecule has 0 bridgehead atoms. The van der Waals surface area contributed by atoms with Gasteiger partial charge in [0.1, 0.15) is 0 Å². The summed E-state index contributed by atoms with van der Waals surface area (Å²) >= 11 is 0. The van der Waals surface area contributed by atoms with Gasteiger partial charge in [-0.1, -0.05) is 54.6 Å². The smallest absolute Gasteiger partial charge is 0.193 e. The summed E-state index contributed by atoms with van der Waals surface area (Å²) in [5, 5.41) is 0. The molecule has 0 radical (unpaired) electrons. The Hall–Kier alpha value is -0.980. The Morgan fingerprint density at radius 2 is 1.26 bits per heavy atom. The molecule has 2 aromatic rings. The summed E-state index contributed by atoms with van der Waals surface area (Å²) in [6.45, 7) is 6.98. The Morgan fingerprint density at radius 3 is 1.74 bits per heavy atom. The quantitative estimate of drug-likeness (QED) is 0.522. The van der Waals surface area contributed by atoms with Gasteiger partial charge in [0.25, 0.3) is 0 Å². The van der Waals surface area contributed by atoms with E-state index in [0.717, 1.165) is 11.1 Å². The van der Waals surface area contributed by atoms with E-state index in [1.54, 1.807) is 0 Å². The number of hydrogen-bond acceptors (Lipinski definition) is 1. The van der Waals surface area contributed by atoms with E-state index in [1.165, 1.54) is 30.2 Å². The van der Waals surface area contributed by atoms with Gasteiger partial charge in [-0.25, -0.2) is 0 Å². The lowest BCUT2D eigenvalue weighted by molar-refractivity contribution is -0.0000119. The van der Waals surface area contributed by atoms with Crippen molar-refractivity contribution < 1.29 is 21.8 Å². The molecule has 1 nitrogen and oxygen atoms in total. The van der Waals surface area contributed by atoms with Crippen molar-refractivity contribution in [2.75, 3.05) is 18.5 Å². The fourth-order valence-corrected chi connectivity index (χ4v) is 5.91. The van der Waals surface area contributed by atoms with Gasteiger partial charge in [0.05, 0.1) is 24.6 Å². The first kappa shape index (κ1) is 20.1. The van der Waals surface area contributed by atoms with Crippen molar-refractivity contribution in [3.05, 3.63) is 71.3 Å². The van der Waals surface area contributed by atoms with Gasteiger partial charge in [-0.3, -0.25) is 4.79 Å². The number of halogens is 1. The summed E-state index contributed by atoms with van der Waals surface area (Å²) in [4.78, 5) is 12.4. The van der Waals surface area contributed by atoms with Crippen LogP contribution >= 0.6 is 7.26 Å². The van der Waals surface area contributed by atoms with Crippen LogP contribution in [0.1, 0.15) is 42.3 Å². The van der Waals surface area contributed by atoms with E-state index in [1.807, 2.05) is 42.5 Å². The minimum atomic E-state index is -0.843. The molecule has 124 valence electrons. The van der Waals surface area contributed by atoms with Gasteiger partial charge < -0.3 is 17.0 Å². The van der Waals surface area contributed by atoms with Gasteiger partial charge in [-0.2, -0.15) is 0 Å². The van der Waals surface area contributed by atoms with Gasteiger partial charge >= 0.3 is 0 Å². The van der Waals surface area contributed by atoms with Crippen LogP contribution < -0.4 is 17.0 Å². The molecule has 0 saturated heterocycles. The maximum atomic E-state index is 12.4. The molecule has 0 atom stereocenters. The molecule has 0 aliphatic heterocycles. The molecule has 0 spiro atoms. The predicted octanol–water partition coefficient (Wildman–Crippen LogP) is 2.50. The highest BCUT2D eigenvalue weighted by atomic mass is 79.9. The zero-order chi connectivity index (χ0) is 16.0. The van der Waals surface area contributed by atoms with Crippen molar-refractivity contribution in [2.24, 2.45) is 0 Å². The highest BCUT2D eigenvalue weighted by molar-refractivity contribution is 7.75. The molecule has 0 saturated carbocycles. The molecule has 0 fully saturated rings. The van der Waals surface area contributed by atoms with Crippen molar-refractivity contribution in [3.8, 4) is 0 Å². The van der Waals surface area contributed by atoms with Crippen LogP contribution in [0.5, 0.6) is 0 Å². The molecule has 23 heavy (non-hydrogen) atoms. The highest BCUT2D eigenvalue weighted by Gasteiger charge is 2.31. The van der Waals surface area contributed by atoms with Crippen molar-refractivity contribution in [1.82, 2.24) is 0 Å². The van der Waals surface area contributed by atoms with Crippen molar-refractivity contribution in [3.63, 3.8) is 0 Å². The Labute approximate surface area is 151 Å². The molecule has 2 aromatic carbocycles. The Kier molecular flexibility index (Phi) is 8.16. The molecule has 0 aromatic heterocycles. The minimum absolute atomic E-state index is 0. The topological polar surface area (TPSA) is 17.1 Å². The third kappa shape index (κ3) is 4.99. The Bertz CT molecular complexity index is 595. The van der Waals surface area contributed by atoms with E-state index < -0.39 is 7.26 Å². The molecule has 0 unspecified atom stereocenters. The SMILES string of the molecule is CC[P+](CC)(CC)Cc1ccc(C(=O)c2ccccc2)cc1.[Br-]. The number of benzene rings is 2. The average molecular weight is 393 g/mol. The van der Waals surface area contributed by atoms with Gasteiger partial charge in [0, 0.05) is 18.4 Å². The molecule has 0 aliphatic rings. The van der Waals surface area contributed by atoms with Crippen LogP contribution in [0.25, 0.3) is 0 Å². The standard InChI is InChI=1S/C20H26OP.BrH/c1-4-22(5-2,6-3)16-17-12-14-19(15-13-17)20(21)18-10-8-7-9-11-18;/h7-15H,4-6,16H2,1-3H3;1H/q+1;/p-1. The lowest BCUT2D eigenvalue weighted by Gasteiger charge is -2.23. The zero-order valence-corrected chi connectivity index (χ0v) is 16.7. The summed E-state index contributed by atoms with van der Waals surface area (Å²) in [7, 11) is -0.843. The maximum Gasteiger partial charge on any atom is 0.193 e. The molecule has 2 rings (SSSR count). The summed E-state index contributed by atoms with van der Waals surface area (Å²) in [6.07, 6.45) is 5.14. The number of ketones is 1. The van der Waals surface area contributed by atoms with Crippen LogP contribution in [0, 0.1) is 0 Å². The summed E-state index contributed by atoms with van der Waals surface area (Å²) in [6, 6.07) is 17.8. The second kappa shape index (κ2) is 9.35. The first-order chi connectivity index (χ1) is 10.6. The first-order valence-corrected chi connectivity index (χ1v) is 10.7. The largest absolute Gasteiger partial charge is 1.00 e. The Morgan fingerprint density at radius 1 is 0.783 bits per heavy atom. The van der Waals surface area contributed by atoms with E-state index in [-0.39, 0.29) is 22.8 Å². The summed E-state index contributed by atoms with van der Waals surface area (Å²) < 4.78 is 0. The van der Waals surface area contributed by atoms with Gasteiger partial charge in [0.2, 0.25) is 0 Å². The Balaban J connectivity index is 0.00000264. The summed E-state index contributed by atoms with van der Waals surface area (Å²) in [5.41, 5.74) is 2.92. The lowest BCUT2D eigenvalue weighted by atomic mass is 10.0. The molecular formula is C20H26BrOP. The van der Waals surface area contributed by atoms with Gasteiger partial charge in [0.15, 0.2) is 5.78 Å². The minimum Gasteiger partial charge on any atom is -1.00 e. The monoisotopic (exact) mass is 392 g/mol. The average Bonchev–Trinajstić information content (AvgIpc) is 2.60. The highest BCUT2D eigenvalue weighted by Crippen LogP contribution is 2.60. The fourth-order valence-electron chi connectivity index (χ4n) is 2.91. The molecule has 0 aliphatic carbocycles. The fraction of sp³-hybridized carbons (Fsp3) is 0.350. The molecule has 3 heteroatoms. The van der Waals surface area contributed by atoms with Crippen molar-refractivity contribution in [2.45, 2.75) is 26.9 Å². The van der Waals surface area contributed by atoms with Crippen molar-refractivity contribution in [1.29, 1.82) is 0 Å². The van der Waals surface area contributed by atoms with E-state index in [4.69, 9.17) is 0 Å². The van der Waals surface area contributed by atoms with E-state index in [9.17, 15) is 4.79 Å². The third-order valence-corrected chi connectivity index (χ3v) is 9.84. The van der Waals surface area contributed by atoms with Crippen LogP contribution in [-0.4, -0.2) is 24.3 Å². The molecular weight excluding hydrogens is 367 g/mol. The van der Waals surface area contributed by atoms with Gasteiger partial charge in [-0.05, 0) is 26.3 Å². The van der Waals surface area contributed by atoms with Crippen LogP contribution in [0.15, 0.2) is 54.6 Å². The van der Waals surface area contributed by atoms with Crippen LogP contribution in [0.4, 0.5) is 0 Å². The lowest BCUT2D eigenvalue weighted by Crippen LogP contribution is -3.00. The second-order valence-electron chi connectivity index (χ2n) is 5.84. The normalized spacial score (nSPS) is 10.9. The molecule has 0 amide bonds. The number of rotatable bonds is 7. The number of carbonyl (C=O) groups excluding carboxylic acids is 1. The second-order valence-corrected chi connectivity index (χ2v) is 10.7. The van der Waals surface area contributed by atoms with Crippen LogP contribution in [-0.2, 0) is 6.16 Å².